The summed E-state index contributed by atoms with van der Waals surface area (Å²) in [5, 5.41) is 11.9. The van der Waals surface area contributed by atoms with Gasteiger partial charge in [-0.2, -0.15) is 0 Å². The fourth-order valence-electron chi connectivity index (χ4n) is 3.71. The highest BCUT2D eigenvalue weighted by Crippen LogP contribution is 2.27. The molecule has 8 heteroatoms. The number of carbonyl (C=O) groups excluding carboxylic acids is 1. The van der Waals surface area contributed by atoms with Gasteiger partial charge in [0.2, 0.25) is 0 Å². The van der Waals surface area contributed by atoms with Crippen molar-refractivity contribution in [2.45, 2.75) is 12.6 Å². The van der Waals surface area contributed by atoms with E-state index in [1.807, 2.05) is 91.0 Å². The maximum absolute atomic E-state index is 12.7. The van der Waals surface area contributed by atoms with E-state index in [0.29, 0.717) is 29.4 Å². The maximum Gasteiger partial charge on any atom is 0.333 e. The molecule has 0 radical (unpaired) electrons. The number of carbonyl (C=O) groups is 1. The van der Waals surface area contributed by atoms with Gasteiger partial charge in [-0.1, -0.05) is 96.2 Å². The minimum absolute atomic E-state index is 0.405. The molecule has 0 fully saturated rings. The summed E-state index contributed by atoms with van der Waals surface area (Å²) >= 11 is 0. The first-order valence-electron chi connectivity index (χ1n) is 10.8. The smallest absolute Gasteiger partial charge is 0.333 e. The number of nitrogens with zero attached hydrogens (tertiary/aromatic N) is 5. The summed E-state index contributed by atoms with van der Waals surface area (Å²) in [6, 6.07) is 28.2. The Bertz CT molecular complexity index is 1410. The van der Waals surface area contributed by atoms with Crippen molar-refractivity contribution in [3.63, 3.8) is 0 Å². The number of methoxy groups -OCH3 is 1. The Morgan fingerprint density at radius 2 is 1.56 bits per heavy atom. The molecule has 0 aliphatic heterocycles. The highest BCUT2D eigenvalue weighted by molar-refractivity contribution is 5.88. The monoisotopic (exact) mass is 450 g/mol. The molecule has 168 valence electrons. The van der Waals surface area contributed by atoms with E-state index in [2.05, 4.69) is 15.6 Å². The Kier molecular flexibility index (Phi) is 5.94. The summed E-state index contributed by atoms with van der Waals surface area (Å²) in [6.45, 7) is 0.501. The number of anilines is 1. The van der Waals surface area contributed by atoms with Gasteiger partial charge >= 0.3 is 5.97 Å². The van der Waals surface area contributed by atoms with Crippen LogP contribution in [0.25, 0.3) is 22.6 Å². The van der Waals surface area contributed by atoms with Crippen LogP contribution in [0.4, 0.5) is 5.82 Å². The first-order valence-corrected chi connectivity index (χ1v) is 10.8. The lowest BCUT2D eigenvalue weighted by atomic mass is 10.1. The van der Waals surface area contributed by atoms with Crippen molar-refractivity contribution < 1.29 is 9.53 Å². The molecule has 0 aliphatic carbocycles. The zero-order valence-corrected chi connectivity index (χ0v) is 18.5. The van der Waals surface area contributed by atoms with E-state index in [0.717, 1.165) is 16.7 Å². The van der Waals surface area contributed by atoms with Crippen LogP contribution in [0.3, 0.4) is 0 Å². The summed E-state index contributed by atoms with van der Waals surface area (Å²) in [7, 11) is 1.36. The van der Waals surface area contributed by atoms with Crippen molar-refractivity contribution in [2.75, 3.05) is 12.4 Å². The molecule has 1 unspecified atom stereocenters. The average molecular weight is 451 g/mol. The third kappa shape index (κ3) is 4.33. The molecule has 1 N–H and O–H groups in total. The number of aromatic nitrogens is 5. The van der Waals surface area contributed by atoms with Crippen LogP contribution in [-0.4, -0.2) is 38.0 Å². The number of nitrogens with one attached hydrogen (secondary N) is 1. The zero-order chi connectivity index (χ0) is 23.3. The maximum atomic E-state index is 12.7. The zero-order valence-electron chi connectivity index (χ0n) is 18.5. The van der Waals surface area contributed by atoms with Crippen molar-refractivity contribution in [3.05, 3.63) is 102 Å². The Balaban J connectivity index is 1.63. The Morgan fingerprint density at radius 1 is 0.912 bits per heavy atom. The lowest BCUT2D eigenvalue weighted by Gasteiger charge is -2.18. The molecule has 0 saturated carbocycles. The Hall–Kier alpha value is -4.59. The van der Waals surface area contributed by atoms with E-state index in [4.69, 9.17) is 14.7 Å². The van der Waals surface area contributed by atoms with Gasteiger partial charge in [-0.25, -0.2) is 19.4 Å². The molecular weight excluding hydrogens is 428 g/mol. The van der Waals surface area contributed by atoms with Gasteiger partial charge < -0.3 is 10.1 Å². The van der Waals surface area contributed by atoms with Crippen molar-refractivity contribution in [2.24, 2.45) is 0 Å². The largest absolute Gasteiger partial charge is 0.467 e. The second-order valence-corrected chi connectivity index (χ2v) is 7.68. The Labute approximate surface area is 196 Å². The molecule has 3 aromatic carbocycles. The average Bonchev–Trinajstić information content (AvgIpc) is 3.31. The lowest BCUT2D eigenvalue weighted by molar-refractivity contribution is -0.141. The number of hydrogen-bond donors (Lipinski definition) is 1. The number of esters is 1. The molecule has 0 bridgehead atoms. The highest BCUT2D eigenvalue weighted by Gasteiger charge is 2.25. The molecule has 0 saturated heterocycles. The van der Waals surface area contributed by atoms with Gasteiger partial charge in [0, 0.05) is 5.56 Å². The summed E-state index contributed by atoms with van der Waals surface area (Å²) in [5.41, 5.74) is 3.70. The summed E-state index contributed by atoms with van der Waals surface area (Å²) < 4.78 is 6.80. The predicted octanol–water partition coefficient (Wildman–Crippen LogP) is 4.26. The molecule has 0 amide bonds. The van der Waals surface area contributed by atoms with Gasteiger partial charge in [-0.05, 0) is 11.1 Å². The Morgan fingerprint density at radius 3 is 2.24 bits per heavy atom. The number of rotatable bonds is 7. The number of hydrogen-bond acceptors (Lipinski definition) is 7. The third-order valence-electron chi connectivity index (χ3n) is 5.42. The molecule has 8 nitrogen and oxygen atoms in total. The second-order valence-electron chi connectivity index (χ2n) is 7.68. The molecule has 2 heterocycles. The number of fused-ring (bicyclic) bond motifs is 1. The van der Waals surface area contributed by atoms with Crippen LogP contribution in [0.5, 0.6) is 0 Å². The third-order valence-corrected chi connectivity index (χ3v) is 5.42. The first kappa shape index (κ1) is 21.3. The summed E-state index contributed by atoms with van der Waals surface area (Å²) in [5.74, 6) is 0.474. The van der Waals surface area contributed by atoms with E-state index in [-0.39, 0.29) is 0 Å². The number of ether oxygens (including phenoxy) is 1. The van der Waals surface area contributed by atoms with Gasteiger partial charge in [-0.3, -0.25) is 0 Å². The summed E-state index contributed by atoms with van der Waals surface area (Å²) in [6.07, 6.45) is 0. The fraction of sp³-hybridized carbons (Fsp3) is 0.115. The van der Waals surface area contributed by atoms with Crippen LogP contribution in [0, 0.1) is 0 Å². The minimum atomic E-state index is -0.771. The van der Waals surface area contributed by atoms with E-state index >= 15 is 0 Å². The quantitative estimate of drug-likeness (QED) is 0.370. The second kappa shape index (κ2) is 9.50. The predicted molar refractivity (Wildman–Crippen MR) is 129 cm³/mol. The van der Waals surface area contributed by atoms with Crippen molar-refractivity contribution in [3.8, 4) is 11.4 Å². The number of benzene rings is 3. The fourth-order valence-corrected chi connectivity index (χ4v) is 3.71. The van der Waals surface area contributed by atoms with Crippen LogP contribution in [-0.2, 0) is 16.1 Å². The lowest BCUT2D eigenvalue weighted by Crippen LogP contribution is -2.23. The molecule has 0 spiro atoms. The molecule has 5 rings (SSSR count). The molecule has 1 atom stereocenters. The first-order chi connectivity index (χ1) is 16.7. The van der Waals surface area contributed by atoms with Crippen molar-refractivity contribution >= 4 is 23.0 Å². The van der Waals surface area contributed by atoms with Gasteiger partial charge in [0.15, 0.2) is 28.8 Å². The van der Waals surface area contributed by atoms with E-state index in [1.54, 1.807) is 4.68 Å². The molecule has 5 aromatic rings. The SMILES string of the molecule is COC(=O)C(Nc1nc(-c2ccccc2)nc2c1nnn2Cc1ccccc1)c1ccccc1. The van der Waals surface area contributed by atoms with Crippen LogP contribution in [0.2, 0.25) is 0 Å². The highest BCUT2D eigenvalue weighted by atomic mass is 16.5. The minimum Gasteiger partial charge on any atom is -0.467 e. The van der Waals surface area contributed by atoms with Gasteiger partial charge in [0.05, 0.1) is 13.7 Å². The molecular formula is C26H22N6O2. The van der Waals surface area contributed by atoms with Crippen LogP contribution >= 0.6 is 0 Å². The van der Waals surface area contributed by atoms with Crippen molar-refractivity contribution in [1.82, 2.24) is 25.0 Å². The normalized spacial score (nSPS) is 11.8. The topological polar surface area (TPSA) is 94.8 Å². The van der Waals surface area contributed by atoms with Gasteiger partial charge in [0.25, 0.3) is 0 Å². The van der Waals surface area contributed by atoms with Crippen molar-refractivity contribution in [1.29, 1.82) is 0 Å². The van der Waals surface area contributed by atoms with Gasteiger partial charge in [0.1, 0.15) is 0 Å². The van der Waals surface area contributed by atoms with Crippen LogP contribution in [0.1, 0.15) is 17.2 Å². The van der Waals surface area contributed by atoms with Gasteiger partial charge in [-0.15, -0.1) is 5.10 Å². The van der Waals surface area contributed by atoms with E-state index < -0.39 is 12.0 Å². The van der Waals surface area contributed by atoms with E-state index in [1.165, 1.54) is 7.11 Å². The van der Waals surface area contributed by atoms with E-state index in [9.17, 15) is 4.79 Å². The van der Waals surface area contributed by atoms with Crippen LogP contribution < -0.4 is 5.32 Å². The molecule has 2 aromatic heterocycles. The molecule has 34 heavy (non-hydrogen) atoms. The summed E-state index contributed by atoms with van der Waals surface area (Å²) in [4.78, 5) is 22.2. The standard InChI is InChI=1S/C26H22N6O2/c1-34-26(33)21(19-13-7-3-8-14-19)27-24-22-25(29-23(28-24)20-15-9-4-10-16-20)32(31-30-22)17-18-11-5-2-6-12-18/h2-16,21H,17H2,1H3,(H,27,28,29). The van der Waals surface area contributed by atoms with Crippen LogP contribution in [0.15, 0.2) is 91.0 Å². The molecule has 0 aliphatic rings.